The standard InChI is InChI=1S/C22H22N4O/c1-2-25(16-17-8-4-3-5-9-17)21-13-12-19(23-24-21)22(27)26-15-14-18-10-6-7-11-20(18)26/h3-13H,2,14-16H2,1H3. The van der Waals surface area contributed by atoms with Crippen molar-refractivity contribution >= 4 is 17.4 Å². The van der Waals surface area contributed by atoms with Gasteiger partial charge in [-0.05, 0) is 42.7 Å². The molecule has 0 saturated heterocycles. The highest BCUT2D eigenvalue weighted by Gasteiger charge is 2.26. The van der Waals surface area contributed by atoms with Gasteiger partial charge in [-0.1, -0.05) is 48.5 Å². The van der Waals surface area contributed by atoms with Crippen LogP contribution in [0.2, 0.25) is 0 Å². The van der Waals surface area contributed by atoms with Gasteiger partial charge in [-0.3, -0.25) is 4.79 Å². The van der Waals surface area contributed by atoms with E-state index in [1.807, 2.05) is 42.5 Å². The van der Waals surface area contributed by atoms with Crippen LogP contribution in [0.15, 0.2) is 66.7 Å². The molecule has 0 aliphatic carbocycles. The fourth-order valence-electron chi connectivity index (χ4n) is 3.45. The zero-order valence-electron chi connectivity index (χ0n) is 15.4. The Morgan fingerprint density at radius 2 is 1.78 bits per heavy atom. The molecule has 4 rings (SSSR count). The minimum Gasteiger partial charge on any atom is -0.351 e. The van der Waals surface area contributed by atoms with E-state index in [1.54, 1.807) is 11.0 Å². The first-order chi connectivity index (χ1) is 13.3. The summed E-state index contributed by atoms with van der Waals surface area (Å²) < 4.78 is 0. The highest BCUT2D eigenvalue weighted by atomic mass is 16.2. The van der Waals surface area contributed by atoms with Crippen molar-refractivity contribution in [2.45, 2.75) is 19.9 Å². The number of para-hydroxylation sites is 1. The van der Waals surface area contributed by atoms with Gasteiger partial charge in [0.1, 0.15) is 0 Å². The quantitative estimate of drug-likeness (QED) is 0.698. The van der Waals surface area contributed by atoms with E-state index in [4.69, 9.17) is 0 Å². The van der Waals surface area contributed by atoms with E-state index >= 15 is 0 Å². The number of benzene rings is 2. The smallest absolute Gasteiger partial charge is 0.278 e. The molecule has 136 valence electrons. The van der Waals surface area contributed by atoms with Crippen molar-refractivity contribution < 1.29 is 4.79 Å². The molecule has 3 aromatic rings. The molecule has 0 fully saturated rings. The van der Waals surface area contributed by atoms with E-state index < -0.39 is 0 Å². The van der Waals surface area contributed by atoms with Crippen LogP contribution < -0.4 is 9.80 Å². The van der Waals surface area contributed by atoms with E-state index in [0.29, 0.717) is 12.2 Å². The number of rotatable bonds is 5. The van der Waals surface area contributed by atoms with Crippen LogP contribution >= 0.6 is 0 Å². The third-order valence-electron chi connectivity index (χ3n) is 4.92. The fourth-order valence-corrected chi connectivity index (χ4v) is 3.45. The predicted octanol–water partition coefficient (Wildman–Crippen LogP) is 3.71. The molecule has 5 heteroatoms. The summed E-state index contributed by atoms with van der Waals surface area (Å²) in [4.78, 5) is 16.8. The van der Waals surface area contributed by atoms with Gasteiger partial charge in [0.05, 0.1) is 0 Å². The fraction of sp³-hybridized carbons (Fsp3) is 0.227. The van der Waals surface area contributed by atoms with Crippen molar-refractivity contribution in [1.82, 2.24) is 10.2 Å². The summed E-state index contributed by atoms with van der Waals surface area (Å²) in [7, 11) is 0. The van der Waals surface area contributed by atoms with Crippen LogP contribution in [0.5, 0.6) is 0 Å². The molecule has 2 aromatic carbocycles. The van der Waals surface area contributed by atoms with Gasteiger partial charge >= 0.3 is 0 Å². The van der Waals surface area contributed by atoms with E-state index in [2.05, 4.69) is 40.2 Å². The van der Waals surface area contributed by atoms with Crippen molar-refractivity contribution in [3.63, 3.8) is 0 Å². The van der Waals surface area contributed by atoms with Crippen LogP contribution in [0.4, 0.5) is 11.5 Å². The molecule has 0 saturated carbocycles. The lowest BCUT2D eigenvalue weighted by molar-refractivity contribution is 0.0983. The van der Waals surface area contributed by atoms with Crippen molar-refractivity contribution in [1.29, 1.82) is 0 Å². The number of aromatic nitrogens is 2. The molecule has 0 bridgehead atoms. The Morgan fingerprint density at radius 3 is 2.52 bits per heavy atom. The normalized spacial score (nSPS) is 12.7. The molecule has 0 atom stereocenters. The number of anilines is 2. The largest absolute Gasteiger partial charge is 0.351 e. The van der Waals surface area contributed by atoms with Gasteiger partial charge in [0, 0.05) is 25.3 Å². The van der Waals surface area contributed by atoms with E-state index in [9.17, 15) is 4.79 Å². The number of nitrogens with zero attached hydrogens (tertiary/aromatic N) is 4. The van der Waals surface area contributed by atoms with Gasteiger partial charge < -0.3 is 9.80 Å². The van der Waals surface area contributed by atoms with Gasteiger partial charge in [-0.2, -0.15) is 0 Å². The minimum atomic E-state index is -0.0925. The molecule has 5 nitrogen and oxygen atoms in total. The maximum absolute atomic E-state index is 12.9. The van der Waals surface area contributed by atoms with Gasteiger partial charge in [0.25, 0.3) is 5.91 Å². The second-order valence-corrected chi connectivity index (χ2v) is 6.61. The Balaban J connectivity index is 1.51. The number of hydrogen-bond donors (Lipinski definition) is 0. The monoisotopic (exact) mass is 358 g/mol. The van der Waals surface area contributed by atoms with Gasteiger partial charge in [0.2, 0.25) is 0 Å². The van der Waals surface area contributed by atoms with E-state index in [-0.39, 0.29) is 5.91 Å². The molecule has 1 amide bonds. The van der Waals surface area contributed by atoms with E-state index in [0.717, 1.165) is 31.0 Å². The third kappa shape index (κ3) is 3.53. The highest BCUT2D eigenvalue weighted by molar-refractivity contribution is 6.06. The summed E-state index contributed by atoms with van der Waals surface area (Å²) in [5.74, 6) is 0.685. The zero-order valence-corrected chi connectivity index (χ0v) is 15.4. The van der Waals surface area contributed by atoms with Crippen LogP contribution in [-0.2, 0) is 13.0 Å². The Morgan fingerprint density at radius 1 is 1.00 bits per heavy atom. The predicted molar refractivity (Wildman–Crippen MR) is 107 cm³/mol. The number of carbonyl (C=O) groups excluding carboxylic acids is 1. The summed E-state index contributed by atoms with van der Waals surface area (Å²) in [5, 5.41) is 8.55. The number of carbonyl (C=O) groups is 1. The third-order valence-corrected chi connectivity index (χ3v) is 4.92. The first-order valence-electron chi connectivity index (χ1n) is 9.28. The summed E-state index contributed by atoms with van der Waals surface area (Å²) in [6.45, 7) is 4.36. The van der Waals surface area contributed by atoms with Crippen LogP contribution in [0.25, 0.3) is 0 Å². The summed E-state index contributed by atoms with van der Waals surface area (Å²) in [6, 6.07) is 22.0. The number of fused-ring (bicyclic) bond motifs is 1. The number of hydrogen-bond acceptors (Lipinski definition) is 4. The van der Waals surface area contributed by atoms with Gasteiger partial charge in [0.15, 0.2) is 11.5 Å². The average molecular weight is 358 g/mol. The zero-order chi connectivity index (χ0) is 18.6. The van der Waals surface area contributed by atoms with Gasteiger partial charge in [-0.15, -0.1) is 10.2 Å². The van der Waals surface area contributed by atoms with Gasteiger partial charge in [-0.25, -0.2) is 0 Å². The molecule has 0 spiro atoms. The van der Waals surface area contributed by atoms with Crippen LogP contribution in [0, 0.1) is 0 Å². The van der Waals surface area contributed by atoms with Crippen molar-refractivity contribution in [3.05, 3.63) is 83.6 Å². The highest BCUT2D eigenvalue weighted by Crippen LogP contribution is 2.28. The van der Waals surface area contributed by atoms with Crippen molar-refractivity contribution in [2.24, 2.45) is 0 Å². The molecule has 27 heavy (non-hydrogen) atoms. The molecule has 2 heterocycles. The molecule has 1 aliphatic rings. The average Bonchev–Trinajstić information content (AvgIpc) is 3.16. The summed E-state index contributed by atoms with van der Waals surface area (Å²) in [6.07, 6.45) is 0.883. The molecule has 1 aliphatic heterocycles. The molecule has 0 radical (unpaired) electrons. The van der Waals surface area contributed by atoms with Crippen molar-refractivity contribution in [3.8, 4) is 0 Å². The minimum absolute atomic E-state index is 0.0925. The van der Waals surface area contributed by atoms with Crippen molar-refractivity contribution in [2.75, 3.05) is 22.9 Å². The Bertz CT molecular complexity index is 925. The molecule has 0 unspecified atom stereocenters. The van der Waals surface area contributed by atoms with Crippen LogP contribution in [-0.4, -0.2) is 29.2 Å². The Kier molecular flexibility index (Phi) is 4.83. The maximum atomic E-state index is 12.9. The molecular formula is C22H22N4O. The van der Waals surface area contributed by atoms with Crippen LogP contribution in [0.1, 0.15) is 28.5 Å². The summed E-state index contributed by atoms with van der Waals surface area (Å²) in [5.41, 5.74) is 3.78. The lowest BCUT2D eigenvalue weighted by Crippen LogP contribution is -2.30. The summed E-state index contributed by atoms with van der Waals surface area (Å²) >= 11 is 0. The Labute approximate surface area is 159 Å². The lowest BCUT2D eigenvalue weighted by Gasteiger charge is -2.22. The molecule has 0 N–H and O–H groups in total. The Hall–Kier alpha value is -3.21. The molecular weight excluding hydrogens is 336 g/mol. The first kappa shape index (κ1) is 17.2. The second kappa shape index (κ2) is 7.58. The van der Waals surface area contributed by atoms with E-state index in [1.165, 1.54) is 11.1 Å². The maximum Gasteiger partial charge on any atom is 0.278 e. The topological polar surface area (TPSA) is 49.3 Å². The second-order valence-electron chi connectivity index (χ2n) is 6.61. The SMILES string of the molecule is CCN(Cc1ccccc1)c1ccc(C(=O)N2CCc3ccccc32)nn1. The lowest BCUT2D eigenvalue weighted by atomic mass is 10.2. The number of amides is 1. The van der Waals surface area contributed by atoms with Crippen LogP contribution in [0.3, 0.4) is 0 Å². The molecule has 1 aromatic heterocycles. The first-order valence-corrected chi connectivity index (χ1v) is 9.28.